The number of carbonyl (C=O) groups is 1. The molecule has 1 aromatic carbocycles. The van der Waals surface area contributed by atoms with Gasteiger partial charge < -0.3 is 5.32 Å². The van der Waals surface area contributed by atoms with Crippen molar-refractivity contribution in [2.75, 3.05) is 7.05 Å². The molecule has 1 aromatic rings. The molecule has 1 amide bonds. The second kappa shape index (κ2) is 5.30. The van der Waals surface area contributed by atoms with Crippen LogP contribution in [0.15, 0.2) is 30.3 Å². The van der Waals surface area contributed by atoms with Crippen molar-refractivity contribution >= 4 is 14.0 Å². The van der Waals surface area contributed by atoms with E-state index in [0.29, 0.717) is 0 Å². The number of rotatable bonds is 4. The van der Waals surface area contributed by atoms with Gasteiger partial charge in [0.2, 0.25) is 5.91 Å². The van der Waals surface area contributed by atoms with E-state index in [2.05, 4.69) is 37.1 Å². The summed E-state index contributed by atoms with van der Waals surface area (Å²) in [4.78, 5) is 11.9. The lowest BCUT2D eigenvalue weighted by molar-refractivity contribution is -0.120. The Morgan fingerprint density at radius 3 is 2.25 bits per heavy atom. The third-order valence-corrected chi connectivity index (χ3v) is 5.45. The Morgan fingerprint density at radius 1 is 1.25 bits per heavy atom. The maximum Gasteiger partial charge on any atom is 0.220 e. The molecule has 0 fully saturated rings. The Balaban J connectivity index is 2.84. The first-order valence-corrected chi connectivity index (χ1v) is 9.28. The van der Waals surface area contributed by atoms with Gasteiger partial charge in [-0.2, -0.15) is 0 Å². The average Bonchev–Trinajstić information content (AvgIpc) is 2.25. The molecule has 1 atom stereocenters. The first-order valence-electron chi connectivity index (χ1n) is 5.70. The van der Waals surface area contributed by atoms with Crippen molar-refractivity contribution in [3.05, 3.63) is 35.9 Å². The van der Waals surface area contributed by atoms with Crippen molar-refractivity contribution in [2.45, 2.75) is 31.6 Å². The average molecular weight is 235 g/mol. The smallest absolute Gasteiger partial charge is 0.220 e. The molecular formula is C13H21NOSi. The predicted molar refractivity (Wildman–Crippen MR) is 71.3 cm³/mol. The molecule has 16 heavy (non-hydrogen) atoms. The molecule has 0 spiro atoms. The fraction of sp³-hybridized carbons (Fsp3) is 0.462. The summed E-state index contributed by atoms with van der Waals surface area (Å²) in [6, 6.07) is 10.2. The highest BCUT2D eigenvalue weighted by molar-refractivity contribution is 6.80. The Bertz CT molecular complexity index is 343. The molecule has 88 valence electrons. The summed E-state index contributed by atoms with van der Waals surface area (Å²) in [5, 5.41) is 2.79. The van der Waals surface area contributed by atoms with E-state index in [1.165, 1.54) is 5.56 Å². The summed E-state index contributed by atoms with van der Waals surface area (Å²) in [6.45, 7) is 6.74. The van der Waals surface area contributed by atoms with Gasteiger partial charge >= 0.3 is 0 Å². The molecule has 0 aliphatic rings. The summed E-state index contributed by atoms with van der Waals surface area (Å²) < 4.78 is 0. The van der Waals surface area contributed by atoms with E-state index in [9.17, 15) is 4.79 Å². The van der Waals surface area contributed by atoms with E-state index in [1.807, 2.05) is 18.2 Å². The lowest BCUT2D eigenvalue weighted by Crippen LogP contribution is -2.40. The summed E-state index contributed by atoms with van der Waals surface area (Å²) in [7, 11) is 0.257. The number of benzene rings is 1. The normalized spacial score (nSPS) is 13.2. The number of amides is 1. The van der Waals surface area contributed by atoms with Crippen molar-refractivity contribution in [3.8, 4) is 0 Å². The molecule has 0 saturated carbocycles. The Labute approximate surface area is 99.1 Å². The molecule has 1 unspecified atom stereocenters. The van der Waals surface area contributed by atoms with Crippen LogP contribution < -0.4 is 5.32 Å². The van der Waals surface area contributed by atoms with E-state index >= 15 is 0 Å². The first-order chi connectivity index (χ1) is 7.45. The topological polar surface area (TPSA) is 29.1 Å². The van der Waals surface area contributed by atoms with Gasteiger partial charge in [0.15, 0.2) is 0 Å². The number of hydrogen-bond donors (Lipinski definition) is 1. The van der Waals surface area contributed by atoms with Crippen molar-refractivity contribution in [2.24, 2.45) is 0 Å². The molecule has 0 heterocycles. The van der Waals surface area contributed by atoms with Gasteiger partial charge in [-0.25, -0.2) is 0 Å². The number of nitrogens with one attached hydrogen (secondary N) is 1. The van der Waals surface area contributed by atoms with E-state index in [1.54, 1.807) is 7.05 Å². The van der Waals surface area contributed by atoms with Gasteiger partial charge in [0.05, 0.1) is 8.07 Å². The summed E-state index contributed by atoms with van der Waals surface area (Å²) >= 11 is 0. The zero-order valence-electron chi connectivity index (χ0n) is 10.6. The highest BCUT2D eigenvalue weighted by Crippen LogP contribution is 2.26. The van der Waals surface area contributed by atoms with Crippen LogP contribution in [0.25, 0.3) is 0 Å². The molecule has 2 nitrogen and oxygen atoms in total. The maximum absolute atomic E-state index is 11.9. The second-order valence-corrected chi connectivity index (χ2v) is 10.7. The lowest BCUT2D eigenvalue weighted by Gasteiger charge is -2.27. The van der Waals surface area contributed by atoms with E-state index < -0.39 is 8.07 Å². The van der Waals surface area contributed by atoms with Crippen LogP contribution in [0.1, 0.15) is 5.56 Å². The summed E-state index contributed by atoms with van der Waals surface area (Å²) in [5.74, 6) is 0.183. The third kappa shape index (κ3) is 3.49. The molecule has 0 bridgehead atoms. The highest BCUT2D eigenvalue weighted by atomic mass is 28.3. The van der Waals surface area contributed by atoms with Crippen LogP contribution in [0, 0.1) is 0 Å². The fourth-order valence-corrected chi connectivity index (χ4v) is 3.60. The first kappa shape index (κ1) is 13.0. The zero-order chi connectivity index (χ0) is 12.2. The molecule has 0 aliphatic heterocycles. The van der Waals surface area contributed by atoms with E-state index in [-0.39, 0.29) is 11.4 Å². The van der Waals surface area contributed by atoms with E-state index in [4.69, 9.17) is 0 Å². The van der Waals surface area contributed by atoms with Crippen LogP contribution in [0.2, 0.25) is 25.2 Å². The largest absolute Gasteiger partial charge is 0.359 e. The monoisotopic (exact) mass is 235 g/mol. The van der Waals surface area contributed by atoms with Crippen LogP contribution >= 0.6 is 0 Å². The molecule has 1 N–H and O–H groups in total. The molecule has 0 aromatic heterocycles. The molecule has 0 aliphatic carbocycles. The molecule has 0 radical (unpaired) electrons. The van der Waals surface area contributed by atoms with Crippen LogP contribution in [-0.2, 0) is 11.2 Å². The number of hydrogen-bond acceptors (Lipinski definition) is 1. The summed E-state index contributed by atoms with van der Waals surface area (Å²) in [6.07, 6.45) is 0.857. The SMILES string of the molecule is CNC(=O)C(Cc1ccccc1)[Si](C)(C)C. The van der Waals surface area contributed by atoms with Gasteiger partial charge in [0.1, 0.15) is 0 Å². The van der Waals surface area contributed by atoms with Gasteiger partial charge in [-0.1, -0.05) is 50.0 Å². The Morgan fingerprint density at radius 2 is 1.81 bits per heavy atom. The molecule has 1 rings (SSSR count). The second-order valence-electron chi connectivity index (χ2n) is 5.22. The third-order valence-electron chi connectivity index (χ3n) is 2.89. The van der Waals surface area contributed by atoms with Crippen LogP contribution in [-0.4, -0.2) is 21.0 Å². The fourth-order valence-electron chi connectivity index (χ4n) is 1.82. The van der Waals surface area contributed by atoms with Gasteiger partial charge in [-0.15, -0.1) is 0 Å². The summed E-state index contributed by atoms with van der Waals surface area (Å²) in [5.41, 5.74) is 1.40. The van der Waals surface area contributed by atoms with Crippen LogP contribution in [0.5, 0.6) is 0 Å². The molecule has 3 heteroatoms. The minimum Gasteiger partial charge on any atom is -0.359 e. The minimum absolute atomic E-state index is 0.153. The zero-order valence-corrected chi connectivity index (χ0v) is 11.6. The maximum atomic E-state index is 11.9. The van der Waals surface area contributed by atoms with Gasteiger partial charge in [0.25, 0.3) is 0 Å². The molecular weight excluding hydrogens is 214 g/mol. The lowest BCUT2D eigenvalue weighted by atomic mass is 10.1. The van der Waals surface area contributed by atoms with Crippen molar-refractivity contribution in [1.29, 1.82) is 0 Å². The van der Waals surface area contributed by atoms with Crippen molar-refractivity contribution in [3.63, 3.8) is 0 Å². The molecule has 0 saturated heterocycles. The quantitative estimate of drug-likeness (QED) is 0.799. The van der Waals surface area contributed by atoms with Crippen LogP contribution in [0.4, 0.5) is 0 Å². The number of carbonyl (C=O) groups excluding carboxylic acids is 1. The van der Waals surface area contributed by atoms with Gasteiger partial charge in [-0.3, -0.25) is 4.79 Å². The van der Waals surface area contributed by atoms with Crippen molar-refractivity contribution in [1.82, 2.24) is 5.32 Å². The standard InChI is InChI=1S/C13H21NOSi/c1-14-13(15)12(16(2,3)4)10-11-8-6-5-7-9-11/h5-9,12H,10H2,1-4H3,(H,14,15). The highest BCUT2D eigenvalue weighted by Gasteiger charge is 2.32. The van der Waals surface area contributed by atoms with Crippen LogP contribution in [0.3, 0.4) is 0 Å². The van der Waals surface area contributed by atoms with Gasteiger partial charge in [0, 0.05) is 12.6 Å². The Hall–Kier alpha value is -1.09. The minimum atomic E-state index is -1.47. The van der Waals surface area contributed by atoms with Gasteiger partial charge in [-0.05, 0) is 12.0 Å². The Kier molecular flexibility index (Phi) is 4.30. The van der Waals surface area contributed by atoms with E-state index in [0.717, 1.165) is 6.42 Å². The van der Waals surface area contributed by atoms with Crippen molar-refractivity contribution < 1.29 is 4.79 Å². The predicted octanol–water partition coefficient (Wildman–Crippen LogP) is 2.68.